The lowest BCUT2D eigenvalue weighted by Crippen LogP contribution is -2.03. The highest BCUT2D eigenvalue weighted by Gasteiger charge is 2.09. The number of aliphatic hydroxyl groups excluding tert-OH is 1. The molecule has 4 nitrogen and oxygen atoms in total. The van der Waals surface area contributed by atoms with E-state index in [0.717, 1.165) is 17.5 Å². The van der Waals surface area contributed by atoms with Crippen LogP contribution in [-0.4, -0.2) is 14.7 Å². The van der Waals surface area contributed by atoms with E-state index in [1.54, 1.807) is 12.1 Å². The van der Waals surface area contributed by atoms with E-state index in [-0.39, 0.29) is 6.61 Å². The van der Waals surface area contributed by atoms with Gasteiger partial charge in [0, 0.05) is 18.0 Å². The van der Waals surface area contributed by atoms with Crippen molar-refractivity contribution in [1.82, 2.24) is 9.55 Å². The summed E-state index contributed by atoms with van der Waals surface area (Å²) in [6.07, 6.45) is 1.25. The Kier molecular flexibility index (Phi) is 3.62. The van der Waals surface area contributed by atoms with Crippen LogP contribution >= 0.6 is 11.6 Å². The second kappa shape index (κ2) is 5.17. The fourth-order valence-corrected chi connectivity index (χ4v) is 2.01. The average Bonchev–Trinajstić information content (AvgIpc) is 2.67. The summed E-state index contributed by atoms with van der Waals surface area (Å²) in [6, 6.07) is 7.57. The number of halogens is 1. The van der Waals surface area contributed by atoms with Gasteiger partial charge in [0.15, 0.2) is 0 Å². The number of hydrogen-bond donors (Lipinski definition) is 1. The Morgan fingerprint density at radius 3 is 3.00 bits per heavy atom. The van der Waals surface area contributed by atoms with Crippen molar-refractivity contribution in [3.8, 4) is 6.07 Å². The monoisotopic (exact) mass is 249 g/mol. The van der Waals surface area contributed by atoms with Gasteiger partial charge in [0.2, 0.25) is 0 Å². The van der Waals surface area contributed by atoms with E-state index in [1.807, 2.05) is 10.6 Å². The van der Waals surface area contributed by atoms with Crippen LogP contribution in [0, 0.1) is 11.3 Å². The zero-order valence-corrected chi connectivity index (χ0v) is 9.98. The van der Waals surface area contributed by atoms with Crippen molar-refractivity contribution in [3.63, 3.8) is 0 Å². The van der Waals surface area contributed by atoms with Gasteiger partial charge in [0.25, 0.3) is 0 Å². The molecule has 0 aliphatic carbocycles. The smallest absolute Gasteiger partial charge is 0.135 e. The minimum atomic E-state index is -0.112. The molecule has 1 aromatic heterocycles. The summed E-state index contributed by atoms with van der Waals surface area (Å²) in [4.78, 5) is 4.32. The highest BCUT2D eigenvalue weighted by molar-refractivity contribution is 6.31. The largest absolute Gasteiger partial charge is 0.388 e. The first-order valence-electron chi connectivity index (χ1n) is 5.38. The van der Waals surface area contributed by atoms with Crippen LogP contribution in [0.3, 0.4) is 0 Å². The summed E-state index contributed by atoms with van der Waals surface area (Å²) in [5.74, 6) is 0.611. The highest BCUT2D eigenvalue weighted by atomic mass is 35.5. The zero-order valence-electron chi connectivity index (χ0n) is 9.23. The molecule has 5 heteroatoms. The van der Waals surface area contributed by atoms with Crippen molar-refractivity contribution in [2.75, 3.05) is 0 Å². The predicted octanol–water partition coefficient (Wildman–Crippen LogP) is 2.49. The zero-order chi connectivity index (χ0) is 12.3. The molecular weight excluding hydrogens is 238 g/mol. The van der Waals surface area contributed by atoms with E-state index in [9.17, 15) is 5.11 Å². The molecule has 0 radical (unpaired) electrons. The summed E-state index contributed by atoms with van der Waals surface area (Å²) in [7, 11) is 0. The first-order valence-corrected chi connectivity index (χ1v) is 5.76. The van der Waals surface area contributed by atoms with E-state index >= 15 is 0 Å². The van der Waals surface area contributed by atoms with Crippen LogP contribution < -0.4 is 0 Å². The number of rotatable bonds is 4. The third kappa shape index (κ3) is 2.41. The lowest BCUT2D eigenvalue weighted by atomic mass is 10.3. The Morgan fingerprint density at radius 2 is 2.29 bits per heavy atom. The number of aromatic nitrogens is 2. The van der Waals surface area contributed by atoms with E-state index in [1.165, 1.54) is 0 Å². The summed E-state index contributed by atoms with van der Waals surface area (Å²) in [6.45, 7) is 0.570. The van der Waals surface area contributed by atoms with Gasteiger partial charge in [-0.05, 0) is 24.6 Å². The first kappa shape index (κ1) is 11.9. The van der Waals surface area contributed by atoms with Crippen molar-refractivity contribution in [1.29, 1.82) is 5.26 Å². The van der Waals surface area contributed by atoms with E-state index in [2.05, 4.69) is 11.1 Å². The summed E-state index contributed by atoms with van der Waals surface area (Å²) in [5, 5.41) is 18.4. The van der Waals surface area contributed by atoms with Crippen LogP contribution in [0.15, 0.2) is 18.2 Å². The van der Waals surface area contributed by atoms with Crippen molar-refractivity contribution >= 4 is 22.6 Å². The maximum atomic E-state index is 9.26. The number of imidazole rings is 1. The fourth-order valence-electron chi connectivity index (χ4n) is 1.84. The van der Waals surface area contributed by atoms with Crippen molar-refractivity contribution in [2.45, 2.75) is 26.0 Å². The maximum absolute atomic E-state index is 9.26. The van der Waals surface area contributed by atoms with E-state index in [4.69, 9.17) is 16.9 Å². The molecule has 0 spiro atoms. The number of benzene rings is 1. The quantitative estimate of drug-likeness (QED) is 0.847. The van der Waals surface area contributed by atoms with Gasteiger partial charge in [0.05, 0.1) is 17.1 Å². The van der Waals surface area contributed by atoms with Crippen molar-refractivity contribution < 1.29 is 5.11 Å². The molecule has 1 aromatic carbocycles. The van der Waals surface area contributed by atoms with Gasteiger partial charge in [-0.3, -0.25) is 0 Å². The predicted molar refractivity (Wildman–Crippen MR) is 65.5 cm³/mol. The summed E-state index contributed by atoms with van der Waals surface area (Å²) in [5.41, 5.74) is 1.72. The number of unbranched alkanes of at least 4 members (excludes halogenated alkanes) is 1. The molecule has 1 heterocycles. The number of hydrogen-bond acceptors (Lipinski definition) is 3. The first-order chi connectivity index (χ1) is 8.26. The van der Waals surface area contributed by atoms with Crippen LogP contribution in [0.2, 0.25) is 5.02 Å². The van der Waals surface area contributed by atoms with E-state index in [0.29, 0.717) is 23.8 Å². The molecule has 0 amide bonds. The lowest BCUT2D eigenvalue weighted by molar-refractivity contribution is 0.265. The molecule has 88 valence electrons. The molecule has 0 aliphatic heterocycles. The van der Waals surface area contributed by atoms with Gasteiger partial charge in [-0.25, -0.2) is 4.98 Å². The SMILES string of the molecule is N#CCCCn1c(CO)nc2cc(Cl)ccc21. The number of aryl methyl sites for hydroxylation is 1. The molecule has 1 N–H and O–H groups in total. The topological polar surface area (TPSA) is 61.8 Å². The fraction of sp³-hybridized carbons (Fsp3) is 0.333. The Hall–Kier alpha value is -1.57. The van der Waals surface area contributed by atoms with Crippen LogP contribution in [0.25, 0.3) is 11.0 Å². The van der Waals surface area contributed by atoms with Crippen LogP contribution in [0.4, 0.5) is 0 Å². The molecular formula is C12H12ClN3O. The Morgan fingerprint density at radius 1 is 1.47 bits per heavy atom. The average molecular weight is 250 g/mol. The number of nitrogens with zero attached hydrogens (tertiary/aromatic N) is 3. The lowest BCUT2D eigenvalue weighted by Gasteiger charge is -2.05. The van der Waals surface area contributed by atoms with Gasteiger partial charge in [-0.1, -0.05) is 11.6 Å². The molecule has 0 unspecified atom stereocenters. The molecule has 0 atom stereocenters. The van der Waals surface area contributed by atoms with Gasteiger partial charge < -0.3 is 9.67 Å². The standard InChI is InChI=1S/C12H12ClN3O/c13-9-3-4-11-10(7-9)15-12(8-17)16(11)6-2-1-5-14/h3-4,7,17H,1-2,6,8H2. The van der Waals surface area contributed by atoms with Gasteiger partial charge >= 0.3 is 0 Å². The molecule has 0 saturated carbocycles. The minimum absolute atomic E-state index is 0.112. The van der Waals surface area contributed by atoms with Gasteiger partial charge in [0.1, 0.15) is 12.4 Å². The Bertz CT molecular complexity index is 571. The third-order valence-corrected chi connectivity index (χ3v) is 2.84. The second-order valence-corrected chi connectivity index (χ2v) is 4.17. The summed E-state index contributed by atoms with van der Waals surface area (Å²) < 4.78 is 1.93. The van der Waals surface area contributed by atoms with Crippen LogP contribution in [-0.2, 0) is 13.2 Å². The molecule has 2 rings (SSSR count). The van der Waals surface area contributed by atoms with Gasteiger partial charge in [-0.2, -0.15) is 5.26 Å². The highest BCUT2D eigenvalue weighted by Crippen LogP contribution is 2.21. The van der Waals surface area contributed by atoms with E-state index < -0.39 is 0 Å². The molecule has 0 saturated heterocycles. The molecule has 0 fully saturated rings. The summed E-state index contributed by atoms with van der Waals surface area (Å²) >= 11 is 5.90. The second-order valence-electron chi connectivity index (χ2n) is 3.73. The van der Waals surface area contributed by atoms with Crippen molar-refractivity contribution in [2.24, 2.45) is 0 Å². The normalized spacial score (nSPS) is 10.6. The molecule has 2 aromatic rings. The van der Waals surface area contributed by atoms with Crippen molar-refractivity contribution in [3.05, 3.63) is 29.0 Å². The Labute approximate surface area is 104 Å². The number of aliphatic hydroxyl groups is 1. The number of fused-ring (bicyclic) bond motifs is 1. The molecule has 0 aliphatic rings. The minimum Gasteiger partial charge on any atom is -0.388 e. The molecule has 17 heavy (non-hydrogen) atoms. The van der Waals surface area contributed by atoms with Gasteiger partial charge in [-0.15, -0.1) is 0 Å². The Balaban J connectivity index is 2.40. The van der Waals surface area contributed by atoms with Crippen LogP contribution in [0.5, 0.6) is 0 Å². The maximum Gasteiger partial charge on any atom is 0.135 e. The van der Waals surface area contributed by atoms with Crippen LogP contribution in [0.1, 0.15) is 18.7 Å². The molecule has 0 bridgehead atoms. The third-order valence-electron chi connectivity index (χ3n) is 2.60. The number of nitriles is 1.